The van der Waals surface area contributed by atoms with Crippen LogP contribution in [0.2, 0.25) is 0 Å². The van der Waals surface area contributed by atoms with Gasteiger partial charge < -0.3 is 11.1 Å². The summed E-state index contributed by atoms with van der Waals surface area (Å²) in [5, 5.41) is 2.31. The minimum Gasteiger partial charge on any atom is -0.367 e. The van der Waals surface area contributed by atoms with Crippen LogP contribution in [-0.2, 0) is 14.4 Å². The molecule has 5 nitrogen and oxygen atoms in total. The molecule has 1 fully saturated rings. The van der Waals surface area contributed by atoms with Gasteiger partial charge in [-0.2, -0.15) is 0 Å². The Balaban J connectivity index is 2.70. The van der Waals surface area contributed by atoms with Crippen LogP contribution in [-0.4, -0.2) is 23.6 Å². The average molecular weight is 184 g/mol. The van der Waals surface area contributed by atoms with Gasteiger partial charge in [-0.1, -0.05) is 0 Å². The monoisotopic (exact) mass is 184 g/mol. The summed E-state index contributed by atoms with van der Waals surface area (Å²) in [7, 11) is 0. The quantitative estimate of drug-likeness (QED) is 0.517. The second kappa shape index (κ2) is 4.02. The van der Waals surface area contributed by atoms with Crippen LogP contribution in [0.4, 0.5) is 0 Å². The van der Waals surface area contributed by atoms with E-state index in [-0.39, 0.29) is 11.7 Å². The molecule has 0 aliphatic carbocycles. The highest BCUT2D eigenvalue weighted by molar-refractivity contribution is 6.07. The van der Waals surface area contributed by atoms with Gasteiger partial charge in [-0.25, -0.2) is 0 Å². The molecule has 1 saturated heterocycles. The average Bonchev–Trinajstić information content (AvgIpc) is 2.04. The number of carbonyl (C=O) groups excluding carboxylic acids is 3. The Kier molecular flexibility index (Phi) is 3.00. The van der Waals surface area contributed by atoms with Crippen molar-refractivity contribution in [2.24, 2.45) is 5.73 Å². The first-order chi connectivity index (χ1) is 6.11. The van der Waals surface area contributed by atoms with Crippen LogP contribution in [0, 0.1) is 0 Å². The van der Waals surface area contributed by atoms with E-state index in [1.54, 1.807) is 0 Å². The van der Waals surface area contributed by atoms with Crippen LogP contribution in [0.5, 0.6) is 0 Å². The van der Waals surface area contributed by atoms with Gasteiger partial charge in [0.05, 0.1) is 0 Å². The molecular formula is C8H12N2O3. The summed E-state index contributed by atoms with van der Waals surface area (Å²) in [4.78, 5) is 33.0. The van der Waals surface area contributed by atoms with E-state index in [0.717, 1.165) is 0 Å². The molecule has 72 valence electrons. The first kappa shape index (κ1) is 9.70. The molecule has 1 rings (SSSR count). The third-order valence-corrected chi connectivity index (χ3v) is 1.99. The van der Waals surface area contributed by atoms with Crippen LogP contribution >= 0.6 is 0 Å². The fourth-order valence-corrected chi connectivity index (χ4v) is 1.27. The molecule has 1 aliphatic rings. The Bertz CT molecular complexity index is 250. The smallest absolute Gasteiger partial charge is 0.247 e. The van der Waals surface area contributed by atoms with Gasteiger partial charge >= 0.3 is 0 Å². The van der Waals surface area contributed by atoms with Crippen molar-refractivity contribution in [3.63, 3.8) is 0 Å². The molecule has 0 radical (unpaired) electrons. The maximum atomic E-state index is 11.2. The number of hydrogen-bond acceptors (Lipinski definition) is 3. The topological polar surface area (TPSA) is 89.3 Å². The van der Waals surface area contributed by atoms with Gasteiger partial charge in [-0.3, -0.25) is 14.4 Å². The Labute approximate surface area is 75.7 Å². The molecule has 0 spiro atoms. The lowest BCUT2D eigenvalue weighted by atomic mass is 10.0. The molecule has 1 atom stereocenters. The Morgan fingerprint density at radius 3 is 2.54 bits per heavy atom. The predicted octanol–water partition coefficient (Wildman–Crippen LogP) is -0.900. The molecule has 0 aromatic rings. The molecule has 1 aliphatic heterocycles. The van der Waals surface area contributed by atoms with Gasteiger partial charge in [-0.05, 0) is 12.8 Å². The molecule has 5 heteroatoms. The lowest BCUT2D eigenvalue weighted by molar-refractivity contribution is -0.135. The molecule has 0 saturated carbocycles. The molecule has 1 heterocycles. The summed E-state index contributed by atoms with van der Waals surface area (Å²) in [5.41, 5.74) is 4.97. The number of Topliss-reactive ketones (excluding diaryl/α,β-unsaturated/α-hetero) is 1. The number of ketones is 1. The van der Waals surface area contributed by atoms with Crippen LogP contribution in [0.15, 0.2) is 0 Å². The van der Waals surface area contributed by atoms with Crippen molar-refractivity contribution in [2.75, 3.05) is 0 Å². The van der Waals surface area contributed by atoms with Crippen molar-refractivity contribution in [1.29, 1.82) is 0 Å². The Morgan fingerprint density at radius 1 is 1.31 bits per heavy atom. The summed E-state index contributed by atoms with van der Waals surface area (Å²) in [5.74, 6) is -1.35. The van der Waals surface area contributed by atoms with Crippen LogP contribution < -0.4 is 11.1 Å². The normalized spacial score (nSPS) is 24.5. The van der Waals surface area contributed by atoms with E-state index < -0.39 is 11.9 Å². The number of amides is 2. The second-order valence-electron chi connectivity index (χ2n) is 3.08. The largest absolute Gasteiger partial charge is 0.367 e. The van der Waals surface area contributed by atoms with Crippen LogP contribution in [0.3, 0.4) is 0 Å². The van der Waals surface area contributed by atoms with Gasteiger partial charge in [0.15, 0.2) is 11.8 Å². The van der Waals surface area contributed by atoms with E-state index in [1.807, 2.05) is 0 Å². The number of primary amides is 1. The highest BCUT2D eigenvalue weighted by Gasteiger charge is 2.26. The molecule has 3 N–H and O–H groups in total. The SMILES string of the molecule is NC(=O)C1NC(=O)CCCCC1=O. The maximum absolute atomic E-state index is 11.2. The summed E-state index contributed by atoms with van der Waals surface area (Å²) in [6, 6.07) is -1.12. The van der Waals surface area contributed by atoms with Gasteiger partial charge in [0.1, 0.15) is 0 Å². The van der Waals surface area contributed by atoms with Crippen molar-refractivity contribution in [1.82, 2.24) is 5.32 Å². The van der Waals surface area contributed by atoms with Gasteiger partial charge in [-0.15, -0.1) is 0 Å². The number of carbonyl (C=O) groups is 3. The standard InChI is InChI=1S/C8H12N2O3/c9-8(13)7-5(11)3-1-2-4-6(12)10-7/h7H,1-4H2,(H2,9,13)(H,10,12). The molecule has 0 aromatic heterocycles. The third kappa shape index (κ3) is 2.54. The Morgan fingerprint density at radius 2 is 1.92 bits per heavy atom. The highest BCUT2D eigenvalue weighted by Crippen LogP contribution is 2.06. The number of hydrogen-bond donors (Lipinski definition) is 2. The molecule has 13 heavy (non-hydrogen) atoms. The lowest BCUT2D eigenvalue weighted by Gasteiger charge is -2.16. The molecule has 0 bridgehead atoms. The molecule has 0 aromatic carbocycles. The zero-order valence-corrected chi connectivity index (χ0v) is 7.21. The fourth-order valence-electron chi connectivity index (χ4n) is 1.27. The van der Waals surface area contributed by atoms with E-state index in [2.05, 4.69) is 5.32 Å². The minimum absolute atomic E-state index is 0.281. The van der Waals surface area contributed by atoms with E-state index >= 15 is 0 Å². The zero-order chi connectivity index (χ0) is 9.84. The van der Waals surface area contributed by atoms with Crippen LogP contribution in [0.25, 0.3) is 0 Å². The second-order valence-corrected chi connectivity index (χ2v) is 3.08. The van der Waals surface area contributed by atoms with Gasteiger partial charge in [0, 0.05) is 12.8 Å². The first-order valence-electron chi connectivity index (χ1n) is 4.22. The molecule has 1 unspecified atom stereocenters. The number of rotatable bonds is 1. The number of nitrogens with one attached hydrogen (secondary N) is 1. The minimum atomic E-state index is -1.12. The first-order valence-corrected chi connectivity index (χ1v) is 4.22. The fraction of sp³-hybridized carbons (Fsp3) is 0.625. The predicted molar refractivity (Wildman–Crippen MR) is 44.6 cm³/mol. The molecule has 2 amide bonds. The summed E-state index contributed by atoms with van der Waals surface area (Å²) >= 11 is 0. The Hall–Kier alpha value is -1.39. The van der Waals surface area contributed by atoms with E-state index in [9.17, 15) is 14.4 Å². The van der Waals surface area contributed by atoms with Gasteiger partial charge in [0.25, 0.3) is 0 Å². The third-order valence-electron chi connectivity index (χ3n) is 1.99. The lowest BCUT2D eigenvalue weighted by Crippen LogP contribution is -2.50. The van der Waals surface area contributed by atoms with Crippen molar-refractivity contribution in [3.05, 3.63) is 0 Å². The highest BCUT2D eigenvalue weighted by atomic mass is 16.2. The van der Waals surface area contributed by atoms with Crippen molar-refractivity contribution < 1.29 is 14.4 Å². The summed E-state index contributed by atoms with van der Waals surface area (Å²) in [6.07, 6.45) is 2.00. The summed E-state index contributed by atoms with van der Waals surface area (Å²) < 4.78 is 0. The van der Waals surface area contributed by atoms with E-state index in [1.165, 1.54) is 0 Å². The van der Waals surface area contributed by atoms with Crippen LogP contribution in [0.1, 0.15) is 25.7 Å². The van der Waals surface area contributed by atoms with Crippen molar-refractivity contribution in [3.8, 4) is 0 Å². The summed E-state index contributed by atoms with van der Waals surface area (Å²) in [6.45, 7) is 0. The van der Waals surface area contributed by atoms with E-state index in [0.29, 0.717) is 25.7 Å². The number of nitrogens with two attached hydrogens (primary N) is 1. The molecular weight excluding hydrogens is 172 g/mol. The maximum Gasteiger partial charge on any atom is 0.247 e. The zero-order valence-electron chi connectivity index (χ0n) is 7.21. The van der Waals surface area contributed by atoms with Crippen molar-refractivity contribution in [2.45, 2.75) is 31.7 Å². The van der Waals surface area contributed by atoms with Gasteiger partial charge in [0.2, 0.25) is 11.8 Å². The van der Waals surface area contributed by atoms with E-state index in [4.69, 9.17) is 5.73 Å². The van der Waals surface area contributed by atoms with Crippen molar-refractivity contribution >= 4 is 17.6 Å².